The quantitative estimate of drug-likeness (QED) is 0.892. The van der Waals surface area contributed by atoms with Gasteiger partial charge in [0.2, 0.25) is 0 Å². The molecule has 0 aromatic heterocycles. The van der Waals surface area contributed by atoms with E-state index in [0.29, 0.717) is 18.8 Å². The fourth-order valence-electron chi connectivity index (χ4n) is 3.24. The third-order valence-corrected chi connectivity index (χ3v) is 4.58. The number of ether oxygens (including phenoxy) is 1. The number of piperazine rings is 1. The van der Waals surface area contributed by atoms with Crippen molar-refractivity contribution in [2.45, 2.75) is 6.04 Å². The maximum atomic E-state index is 13.8. The van der Waals surface area contributed by atoms with Gasteiger partial charge in [0, 0.05) is 26.2 Å². The third-order valence-electron chi connectivity index (χ3n) is 4.58. The predicted molar refractivity (Wildman–Crippen MR) is 98.7 cm³/mol. The molecule has 2 aromatic carbocycles. The number of rotatable bonds is 5. The molecule has 1 fully saturated rings. The Hall–Kier alpha value is -2.44. The van der Waals surface area contributed by atoms with E-state index in [4.69, 9.17) is 10.5 Å². The van der Waals surface area contributed by atoms with Crippen molar-refractivity contribution in [3.8, 4) is 5.75 Å². The topological polar surface area (TPSA) is 58.8 Å². The van der Waals surface area contributed by atoms with Gasteiger partial charge < -0.3 is 20.3 Å². The van der Waals surface area contributed by atoms with Crippen molar-refractivity contribution in [3.05, 3.63) is 65.5 Å². The molecule has 26 heavy (non-hydrogen) atoms. The highest BCUT2D eigenvalue weighted by atomic mass is 19.1. The maximum Gasteiger partial charge on any atom is 0.258 e. The first-order chi connectivity index (χ1) is 12.6. The zero-order chi connectivity index (χ0) is 18.5. The number of hydrogen-bond donors (Lipinski definition) is 1. The molecule has 3 rings (SSSR count). The number of carbonyl (C=O) groups is 1. The van der Waals surface area contributed by atoms with Gasteiger partial charge in [-0.05, 0) is 30.8 Å². The molecule has 0 saturated carbocycles. The molecule has 0 spiro atoms. The van der Waals surface area contributed by atoms with Gasteiger partial charge in [-0.3, -0.25) is 4.79 Å². The molecule has 6 heteroatoms. The van der Waals surface area contributed by atoms with Crippen molar-refractivity contribution < 1.29 is 13.9 Å². The van der Waals surface area contributed by atoms with Crippen LogP contribution in [0.5, 0.6) is 5.75 Å². The molecule has 2 N–H and O–H groups in total. The average molecular weight is 357 g/mol. The van der Waals surface area contributed by atoms with Crippen molar-refractivity contribution in [3.63, 3.8) is 0 Å². The van der Waals surface area contributed by atoms with Crippen LogP contribution in [0.3, 0.4) is 0 Å². The van der Waals surface area contributed by atoms with E-state index in [1.807, 2.05) is 37.4 Å². The summed E-state index contributed by atoms with van der Waals surface area (Å²) in [6.45, 7) is 2.66. The first kappa shape index (κ1) is 18.4. The van der Waals surface area contributed by atoms with Crippen LogP contribution in [0.2, 0.25) is 0 Å². The van der Waals surface area contributed by atoms with E-state index in [2.05, 4.69) is 4.90 Å². The maximum absolute atomic E-state index is 13.8. The molecule has 5 nitrogen and oxygen atoms in total. The Labute approximate surface area is 153 Å². The summed E-state index contributed by atoms with van der Waals surface area (Å²) in [7, 11) is 2.04. The number of carbonyl (C=O) groups excluding carboxylic acids is 1. The highest BCUT2D eigenvalue weighted by molar-refractivity contribution is 5.97. The fraction of sp³-hybridized carbons (Fsp3) is 0.350. The van der Waals surface area contributed by atoms with Crippen LogP contribution in [-0.4, -0.2) is 55.5 Å². The summed E-state index contributed by atoms with van der Waals surface area (Å²) < 4.78 is 19.4. The number of halogens is 1. The minimum atomic E-state index is -0.459. The molecule has 1 saturated heterocycles. The lowest BCUT2D eigenvalue weighted by atomic mass is 10.0. The summed E-state index contributed by atoms with van der Waals surface area (Å²) in [6, 6.07) is 13.8. The Kier molecular flexibility index (Phi) is 5.85. The zero-order valence-corrected chi connectivity index (χ0v) is 14.9. The molecular weight excluding hydrogens is 333 g/mol. The van der Waals surface area contributed by atoms with Crippen LogP contribution >= 0.6 is 0 Å². The van der Waals surface area contributed by atoms with E-state index in [1.54, 1.807) is 4.90 Å². The number of nitrogens with two attached hydrogens (primary N) is 1. The number of likely N-dealkylation sites (N-methyl/N-ethyl adjacent to an activating group) is 1. The Morgan fingerprint density at radius 2 is 2.00 bits per heavy atom. The summed E-state index contributed by atoms with van der Waals surface area (Å²) in [5, 5.41) is 0. The van der Waals surface area contributed by atoms with Crippen LogP contribution in [-0.2, 0) is 0 Å². The van der Waals surface area contributed by atoms with Crippen molar-refractivity contribution in [2.24, 2.45) is 5.73 Å². The van der Waals surface area contributed by atoms with Gasteiger partial charge >= 0.3 is 0 Å². The summed E-state index contributed by atoms with van der Waals surface area (Å²) in [5.74, 6) is -0.315. The van der Waals surface area contributed by atoms with Crippen LogP contribution in [0.25, 0.3) is 0 Å². The highest BCUT2D eigenvalue weighted by Crippen LogP contribution is 2.29. The van der Waals surface area contributed by atoms with Crippen LogP contribution in [0.15, 0.2) is 48.5 Å². The van der Waals surface area contributed by atoms with E-state index in [0.717, 1.165) is 18.7 Å². The summed E-state index contributed by atoms with van der Waals surface area (Å²) in [5.41, 5.74) is 6.79. The van der Waals surface area contributed by atoms with E-state index in [-0.39, 0.29) is 24.1 Å². The monoisotopic (exact) mass is 357 g/mol. The molecule has 1 aliphatic rings. The van der Waals surface area contributed by atoms with Crippen LogP contribution < -0.4 is 10.5 Å². The first-order valence-electron chi connectivity index (χ1n) is 8.77. The van der Waals surface area contributed by atoms with E-state index >= 15 is 0 Å². The highest BCUT2D eigenvalue weighted by Gasteiger charge is 2.32. The normalized spacial score (nSPS) is 18.0. The molecule has 1 atom stereocenters. The molecule has 1 aliphatic heterocycles. The van der Waals surface area contributed by atoms with Crippen LogP contribution in [0.4, 0.5) is 4.39 Å². The van der Waals surface area contributed by atoms with E-state index < -0.39 is 5.82 Å². The van der Waals surface area contributed by atoms with Crippen LogP contribution in [0, 0.1) is 5.82 Å². The second kappa shape index (κ2) is 8.29. The number of amides is 1. The summed E-state index contributed by atoms with van der Waals surface area (Å²) >= 11 is 0. The average Bonchev–Trinajstić information content (AvgIpc) is 2.67. The minimum absolute atomic E-state index is 0.0897. The van der Waals surface area contributed by atoms with Gasteiger partial charge in [-0.15, -0.1) is 0 Å². The first-order valence-corrected chi connectivity index (χ1v) is 8.77. The minimum Gasteiger partial charge on any atom is -0.491 e. The van der Waals surface area contributed by atoms with Gasteiger partial charge in [-0.25, -0.2) is 4.39 Å². The fourth-order valence-corrected chi connectivity index (χ4v) is 3.24. The largest absolute Gasteiger partial charge is 0.491 e. The molecule has 0 unspecified atom stereocenters. The lowest BCUT2D eigenvalue weighted by molar-refractivity contribution is 0.0493. The smallest absolute Gasteiger partial charge is 0.258 e. The molecule has 138 valence electrons. The lowest BCUT2D eigenvalue weighted by Crippen LogP contribution is -2.49. The van der Waals surface area contributed by atoms with E-state index in [9.17, 15) is 9.18 Å². The molecule has 2 aromatic rings. The third kappa shape index (κ3) is 4.03. The van der Waals surface area contributed by atoms with Gasteiger partial charge in [0.1, 0.15) is 18.2 Å². The van der Waals surface area contributed by atoms with E-state index in [1.165, 1.54) is 18.2 Å². The van der Waals surface area contributed by atoms with Crippen molar-refractivity contribution in [2.75, 3.05) is 39.8 Å². The van der Waals surface area contributed by atoms with Crippen molar-refractivity contribution >= 4 is 5.91 Å². The zero-order valence-electron chi connectivity index (χ0n) is 14.9. The molecule has 0 aliphatic carbocycles. The number of hydrogen-bond acceptors (Lipinski definition) is 4. The standard InChI is InChI=1S/C20H24FN3O2/c1-23-10-11-24(18(14-23)15-5-3-2-4-6-15)20(25)17-13-16(21)7-8-19(17)26-12-9-22/h2-8,13,18H,9-12,14,22H2,1H3/t18-/m1/s1. The Bertz CT molecular complexity index is 754. The van der Waals surface area contributed by atoms with Gasteiger partial charge in [0.15, 0.2) is 0 Å². The lowest BCUT2D eigenvalue weighted by Gasteiger charge is -2.40. The van der Waals surface area contributed by atoms with Crippen LogP contribution in [0.1, 0.15) is 22.0 Å². The molecule has 0 radical (unpaired) electrons. The van der Waals surface area contributed by atoms with Gasteiger partial charge in [-0.1, -0.05) is 30.3 Å². The second-order valence-corrected chi connectivity index (χ2v) is 6.46. The number of benzene rings is 2. The molecule has 1 heterocycles. The molecule has 0 bridgehead atoms. The summed E-state index contributed by atoms with van der Waals surface area (Å²) in [6.07, 6.45) is 0. The SMILES string of the molecule is CN1CCN(C(=O)c2cc(F)ccc2OCCN)[C@@H](c2ccccc2)C1. The Balaban J connectivity index is 1.93. The van der Waals surface area contributed by atoms with Crippen molar-refractivity contribution in [1.82, 2.24) is 9.80 Å². The Morgan fingerprint density at radius 3 is 2.73 bits per heavy atom. The van der Waals surface area contributed by atoms with Gasteiger partial charge in [-0.2, -0.15) is 0 Å². The Morgan fingerprint density at radius 1 is 1.23 bits per heavy atom. The predicted octanol–water partition coefficient (Wildman–Crippen LogP) is 2.29. The van der Waals surface area contributed by atoms with Gasteiger partial charge in [0.05, 0.1) is 11.6 Å². The summed E-state index contributed by atoms with van der Waals surface area (Å²) in [4.78, 5) is 17.3. The molecule has 1 amide bonds. The van der Waals surface area contributed by atoms with Crippen molar-refractivity contribution in [1.29, 1.82) is 0 Å². The second-order valence-electron chi connectivity index (χ2n) is 6.46. The number of nitrogens with zero attached hydrogens (tertiary/aromatic N) is 2. The van der Waals surface area contributed by atoms with Gasteiger partial charge in [0.25, 0.3) is 5.91 Å². The molecular formula is C20H24FN3O2.